The topological polar surface area (TPSA) is 21.3 Å². The van der Waals surface area contributed by atoms with Gasteiger partial charge in [-0.25, -0.2) is 0 Å². The summed E-state index contributed by atoms with van der Waals surface area (Å²) >= 11 is 0. The Labute approximate surface area is 101 Å². The van der Waals surface area contributed by atoms with Crippen LogP contribution in [0.1, 0.15) is 59.8 Å². The quantitative estimate of drug-likeness (QED) is 0.751. The molecule has 0 spiro atoms. The lowest BCUT2D eigenvalue weighted by atomic mass is 9.88. The van der Waals surface area contributed by atoms with Gasteiger partial charge < -0.3 is 10.1 Å². The molecule has 0 aromatic carbocycles. The molecule has 1 rings (SSSR count). The molecule has 0 bridgehead atoms. The highest BCUT2D eigenvalue weighted by molar-refractivity contribution is 4.75. The molecule has 1 fully saturated rings. The average molecular weight is 227 g/mol. The Morgan fingerprint density at radius 2 is 2.06 bits per heavy atom. The summed E-state index contributed by atoms with van der Waals surface area (Å²) in [6, 6.07) is 0.470. The minimum absolute atomic E-state index is 0.335. The number of hydrogen-bond donors (Lipinski definition) is 1. The smallest absolute Gasteiger partial charge is 0.0700 e. The first kappa shape index (κ1) is 14.0. The number of rotatable bonds is 6. The molecular weight excluding hydrogens is 198 g/mol. The maximum absolute atomic E-state index is 6.16. The predicted molar refractivity (Wildman–Crippen MR) is 69.7 cm³/mol. The molecule has 0 aromatic heterocycles. The van der Waals surface area contributed by atoms with Crippen molar-refractivity contribution in [3.05, 3.63) is 0 Å². The molecule has 0 aromatic rings. The Kier molecular flexibility index (Phi) is 6.37. The second-order valence-electron chi connectivity index (χ2n) is 5.48. The van der Waals surface area contributed by atoms with Crippen molar-refractivity contribution in [2.45, 2.75) is 78.0 Å². The van der Waals surface area contributed by atoms with Crippen LogP contribution in [0.3, 0.4) is 0 Å². The van der Waals surface area contributed by atoms with Crippen molar-refractivity contribution in [1.29, 1.82) is 0 Å². The summed E-state index contributed by atoms with van der Waals surface area (Å²) in [6.45, 7) is 10.1. The fourth-order valence-corrected chi connectivity index (χ4v) is 2.46. The minimum Gasteiger partial charge on any atom is -0.374 e. The van der Waals surface area contributed by atoms with E-state index in [0.29, 0.717) is 18.2 Å². The first-order valence-corrected chi connectivity index (χ1v) is 7.02. The zero-order chi connectivity index (χ0) is 12.0. The van der Waals surface area contributed by atoms with E-state index in [0.717, 1.165) is 12.5 Å². The van der Waals surface area contributed by atoms with Gasteiger partial charge >= 0.3 is 0 Å². The van der Waals surface area contributed by atoms with Gasteiger partial charge in [-0.1, -0.05) is 26.7 Å². The van der Waals surface area contributed by atoms with Gasteiger partial charge in [0.05, 0.1) is 12.2 Å². The van der Waals surface area contributed by atoms with Crippen LogP contribution in [0.2, 0.25) is 0 Å². The van der Waals surface area contributed by atoms with Crippen molar-refractivity contribution in [2.24, 2.45) is 5.92 Å². The summed E-state index contributed by atoms with van der Waals surface area (Å²) in [5.74, 6) is 0.852. The van der Waals surface area contributed by atoms with Crippen molar-refractivity contribution in [3.8, 4) is 0 Å². The molecule has 4 atom stereocenters. The van der Waals surface area contributed by atoms with E-state index in [1.54, 1.807) is 0 Å². The summed E-state index contributed by atoms with van der Waals surface area (Å²) < 4.78 is 6.16. The maximum atomic E-state index is 6.16. The van der Waals surface area contributed by atoms with E-state index in [1.165, 1.54) is 32.1 Å². The van der Waals surface area contributed by atoms with Crippen LogP contribution in [0.5, 0.6) is 0 Å². The van der Waals surface area contributed by atoms with Crippen LogP contribution in [-0.2, 0) is 4.74 Å². The molecule has 1 saturated carbocycles. The van der Waals surface area contributed by atoms with Gasteiger partial charge in [-0.05, 0) is 45.6 Å². The fraction of sp³-hybridized carbons (Fsp3) is 1.00. The standard InChI is InChI=1S/C14H29NO/c1-5-9-15-12(3)13(4)16-14-8-6-7-11(2)10-14/h11-15H,5-10H2,1-4H3. The molecule has 0 saturated heterocycles. The molecule has 1 aliphatic rings. The second kappa shape index (κ2) is 7.29. The Morgan fingerprint density at radius 3 is 2.69 bits per heavy atom. The SMILES string of the molecule is CCCNC(C)C(C)OC1CCCC(C)C1. The van der Waals surface area contributed by atoms with Crippen LogP contribution < -0.4 is 5.32 Å². The zero-order valence-electron chi connectivity index (χ0n) is 11.5. The summed E-state index contributed by atoms with van der Waals surface area (Å²) in [6.07, 6.45) is 7.27. The van der Waals surface area contributed by atoms with Crippen LogP contribution in [0.25, 0.3) is 0 Å². The highest BCUT2D eigenvalue weighted by Crippen LogP contribution is 2.26. The molecule has 2 nitrogen and oxygen atoms in total. The van der Waals surface area contributed by atoms with Crippen molar-refractivity contribution in [1.82, 2.24) is 5.32 Å². The van der Waals surface area contributed by atoms with E-state index in [1.807, 2.05) is 0 Å². The largest absolute Gasteiger partial charge is 0.374 e. The van der Waals surface area contributed by atoms with Gasteiger partial charge in [0, 0.05) is 6.04 Å². The van der Waals surface area contributed by atoms with E-state index in [2.05, 4.69) is 33.0 Å². The zero-order valence-corrected chi connectivity index (χ0v) is 11.5. The first-order valence-electron chi connectivity index (χ1n) is 7.02. The van der Waals surface area contributed by atoms with Crippen LogP contribution in [0.15, 0.2) is 0 Å². The molecule has 4 unspecified atom stereocenters. The Hall–Kier alpha value is -0.0800. The van der Waals surface area contributed by atoms with Crippen LogP contribution >= 0.6 is 0 Å². The molecular formula is C14H29NO. The monoisotopic (exact) mass is 227 g/mol. The lowest BCUT2D eigenvalue weighted by Gasteiger charge is -2.31. The van der Waals surface area contributed by atoms with E-state index < -0.39 is 0 Å². The predicted octanol–water partition coefficient (Wildman–Crippen LogP) is 3.36. The molecule has 0 radical (unpaired) electrons. The van der Waals surface area contributed by atoms with Crippen LogP contribution in [-0.4, -0.2) is 24.8 Å². The van der Waals surface area contributed by atoms with Gasteiger partial charge in [-0.15, -0.1) is 0 Å². The van der Waals surface area contributed by atoms with E-state index in [9.17, 15) is 0 Å². The Morgan fingerprint density at radius 1 is 1.31 bits per heavy atom. The number of ether oxygens (including phenoxy) is 1. The first-order chi connectivity index (χ1) is 7.63. The van der Waals surface area contributed by atoms with E-state index in [4.69, 9.17) is 4.74 Å². The van der Waals surface area contributed by atoms with Gasteiger partial charge in [0.2, 0.25) is 0 Å². The third-order valence-electron chi connectivity index (χ3n) is 3.72. The van der Waals surface area contributed by atoms with Crippen LogP contribution in [0, 0.1) is 5.92 Å². The third-order valence-corrected chi connectivity index (χ3v) is 3.72. The normalized spacial score (nSPS) is 30.0. The second-order valence-corrected chi connectivity index (χ2v) is 5.48. The summed E-state index contributed by atoms with van der Waals surface area (Å²) in [4.78, 5) is 0. The average Bonchev–Trinajstić information content (AvgIpc) is 2.25. The molecule has 2 heteroatoms. The highest BCUT2D eigenvalue weighted by atomic mass is 16.5. The summed E-state index contributed by atoms with van der Waals surface area (Å²) in [5.41, 5.74) is 0. The maximum Gasteiger partial charge on any atom is 0.0700 e. The number of nitrogens with one attached hydrogen (secondary N) is 1. The fourth-order valence-electron chi connectivity index (χ4n) is 2.46. The molecule has 1 aliphatic carbocycles. The van der Waals surface area contributed by atoms with Crippen molar-refractivity contribution in [2.75, 3.05) is 6.54 Å². The van der Waals surface area contributed by atoms with Gasteiger partial charge in [-0.2, -0.15) is 0 Å². The minimum atomic E-state index is 0.335. The molecule has 96 valence electrons. The van der Waals surface area contributed by atoms with E-state index in [-0.39, 0.29) is 0 Å². The van der Waals surface area contributed by atoms with Gasteiger partial charge in [0.1, 0.15) is 0 Å². The molecule has 16 heavy (non-hydrogen) atoms. The third kappa shape index (κ3) is 4.84. The summed E-state index contributed by atoms with van der Waals surface area (Å²) in [5, 5.41) is 3.51. The molecule has 0 aliphatic heterocycles. The number of hydrogen-bond acceptors (Lipinski definition) is 2. The van der Waals surface area contributed by atoms with Gasteiger partial charge in [0.15, 0.2) is 0 Å². The lowest BCUT2D eigenvalue weighted by molar-refractivity contribution is -0.0431. The lowest BCUT2D eigenvalue weighted by Crippen LogP contribution is -2.40. The molecule has 1 N–H and O–H groups in total. The van der Waals surface area contributed by atoms with E-state index >= 15 is 0 Å². The molecule has 0 amide bonds. The van der Waals surface area contributed by atoms with Crippen LogP contribution in [0.4, 0.5) is 0 Å². The Balaban J connectivity index is 2.23. The Bertz CT molecular complexity index is 184. The highest BCUT2D eigenvalue weighted by Gasteiger charge is 2.23. The van der Waals surface area contributed by atoms with Gasteiger partial charge in [-0.3, -0.25) is 0 Å². The molecule has 0 heterocycles. The summed E-state index contributed by atoms with van der Waals surface area (Å²) in [7, 11) is 0. The van der Waals surface area contributed by atoms with Crippen molar-refractivity contribution < 1.29 is 4.74 Å². The van der Waals surface area contributed by atoms with Gasteiger partial charge in [0.25, 0.3) is 0 Å². The van der Waals surface area contributed by atoms with Crippen molar-refractivity contribution in [3.63, 3.8) is 0 Å². The van der Waals surface area contributed by atoms with Crippen molar-refractivity contribution >= 4 is 0 Å².